The second-order valence-corrected chi connectivity index (χ2v) is 7.17. The van der Waals surface area contributed by atoms with Crippen LogP contribution in [0, 0.1) is 12.3 Å². The fraction of sp³-hybridized carbons (Fsp3) is 0.217. The Kier molecular flexibility index (Phi) is 5.44. The van der Waals surface area contributed by atoms with Gasteiger partial charge in [-0.3, -0.25) is 5.41 Å². The van der Waals surface area contributed by atoms with E-state index in [0.717, 1.165) is 35.8 Å². The van der Waals surface area contributed by atoms with Crippen LogP contribution in [0.3, 0.4) is 0 Å². The molecular formula is C23H25N5O. The van der Waals surface area contributed by atoms with Crippen LogP contribution in [-0.4, -0.2) is 37.0 Å². The lowest BCUT2D eigenvalue weighted by Gasteiger charge is -2.28. The normalized spacial score (nSPS) is 13.9. The van der Waals surface area contributed by atoms with Gasteiger partial charge in [-0.15, -0.1) is 0 Å². The molecule has 1 aliphatic heterocycles. The summed E-state index contributed by atoms with van der Waals surface area (Å²) in [5.74, 6) is 0.864. The van der Waals surface area contributed by atoms with E-state index in [1.165, 1.54) is 5.56 Å². The highest BCUT2D eigenvalue weighted by atomic mass is 16.5. The summed E-state index contributed by atoms with van der Waals surface area (Å²) in [4.78, 5) is 6.65. The van der Waals surface area contributed by atoms with Crippen molar-refractivity contribution in [1.29, 1.82) is 5.41 Å². The summed E-state index contributed by atoms with van der Waals surface area (Å²) in [6, 6.07) is 17.7. The van der Waals surface area contributed by atoms with Crippen LogP contribution in [-0.2, 0) is 4.74 Å². The van der Waals surface area contributed by atoms with E-state index in [0.29, 0.717) is 30.2 Å². The molecule has 0 amide bonds. The Bertz CT molecular complexity index is 1030. The number of pyridine rings is 1. The van der Waals surface area contributed by atoms with E-state index >= 15 is 0 Å². The Hall–Kier alpha value is -3.38. The maximum Gasteiger partial charge on any atom is 0.129 e. The molecule has 1 aliphatic rings. The lowest BCUT2D eigenvalue weighted by Crippen LogP contribution is -2.36. The number of benzene rings is 2. The Labute approximate surface area is 170 Å². The molecule has 2 heterocycles. The van der Waals surface area contributed by atoms with E-state index in [9.17, 15) is 0 Å². The first-order valence-corrected chi connectivity index (χ1v) is 9.71. The Morgan fingerprint density at radius 1 is 1.07 bits per heavy atom. The zero-order valence-electron chi connectivity index (χ0n) is 16.5. The van der Waals surface area contributed by atoms with Gasteiger partial charge in [0.05, 0.1) is 18.9 Å². The minimum Gasteiger partial charge on any atom is -0.398 e. The first kappa shape index (κ1) is 19.0. The first-order valence-electron chi connectivity index (χ1n) is 9.71. The topological polar surface area (TPSA) is 87.3 Å². The van der Waals surface area contributed by atoms with Gasteiger partial charge in [-0.25, -0.2) is 4.98 Å². The molecule has 1 fully saturated rings. The minimum absolute atomic E-state index is 0.382. The molecule has 1 aromatic heterocycles. The summed E-state index contributed by atoms with van der Waals surface area (Å²) in [5, 5.41) is 12.1. The summed E-state index contributed by atoms with van der Waals surface area (Å²) >= 11 is 0. The maximum absolute atomic E-state index is 8.75. The molecule has 6 nitrogen and oxygen atoms in total. The van der Waals surface area contributed by atoms with Gasteiger partial charge >= 0.3 is 0 Å². The maximum atomic E-state index is 8.75. The number of rotatable bonds is 5. The molecular weight excluding hydrogens is 362 g/mol. The number of nitrogens with two attached hydrogens (primary N) is 1. The quantitative estimate of drug-likeness (QED) is 0.455. The van der Waals surface area contributed by atoms with E-state index < -0.39 is 0 Å². The molecule has 0 aliphatic carbocycles. The average Bonchev–Trinajstić information content (AvgIpc) is 2.75. The van der Waals surface area contributed by atoms with Crippen molar-refractivity contribution in [3.05, 3.63) is 77.5 Å². The van der Waals surface area contributed by atoms with E-state index in [1.54, 1.807) is 6.20 Å². The van der Waals surface area contributed by atoms with Crippen molar-refractivity contribution in [2.24, 2.45) is 0 Å². The number of hydrogen-bond donors (Lipinski definition) is 3. The average molecular weight is 387 g/mol. The van der Waals surface area contributed by atoms with Gasteiger partial charge in [0.1, 0.15) is 5.82 Å². The third-order valence-electron chi connectivity index (χ3n) is 5.00. The predicted octanol–water partition coefficient (Wildman–Crippen LogP) is 3.97. The molecule has 29 heavy (non-hydrogen) atoms. The van der Waals surface area contributed by atoms with Crippen LogP contribution >= 0.6 is 0 Å². The number of nitrogens with zero attached hydrogens (tertiary/aromatic N) is 2. The number of nitrogen functional groups attached to an aromatic ring is 1. The van der Waals surface area contributed by atoms with Crippen LogP contribution in [0.5, 0.6) is 0 Å². The Morgan fingerprint density at radius 3 is 2.66 bits per heavy atom. The third-order valence-corrected chi connectivity index (χ3v) is 5.00. The third kappa shape index (κ3) is 4.38. The van der Waals surface area contributed by atoms with Gasteiger partial charge in [0.25, 0.3) is 0 Å². The molecule has 0 saturated carbocycles. The molecule has 148 valence electrons. The largest absolute Gasteiger partial charge is 0.398 e. The Balaban J connectivity index is 1.60. The lowest BCUT2D eigenvalue weighted by atomic mass is 10.0. The number of anilines is 4. The summed E-state index contributed by atoms with van der Waals surface area (Å²) in [6.07, 6.45) is 1.75. The van der Waals surface area contributed by atoms with Gasteiger partial charge in [0.2, 0.25) is 0 Å². The Morgan fingerprint density at radius 2 is 1.86 bits per heavy atom. The van der Waals surface area contributed by atoms with Crippen molar-refractivity contribution in [3.8, 4) is 0 Å². The molecule has 4 N–H and O–H groups in total. The van der Waals surface area contributed by atoms with Crippen LogP contribution in [0.2, 0.25) is 0 Å². The van der Waals surface area contributed by atoms with E-state index in [2.05, 4.69) is 34.3 Å². The highest BCUT2D eigenvalue weighted by molar-refractivity contribution is 6.14. The molecule has 0 unspecified atom stereocenters. The summed E-state index contributed by atoms with van der Waals surface area (Å²) in [5.41, 5.74) is 11.8. The van der Waals surface area contributed by atoms with Gasteiger partial charge in [-0.1, -0.05) is 12.1 Å². The molecule has 2 aromatic carbocycles. The van der Waals surface area contributed by atoms with Gasteiger partial charge in [0, 0.05) is 47.5 Å². The fourth-order valence-electron chi connectivity index (χ4n) is 3.43. The van der Waals surface area contributed by atoms with Crippen molar-refractivity contribution < 1.29 is 4.74 Å². The van der Waals surface area contributed by atoms with Crippen molar-refractivity contribution >= 4 is 28.6 Å². The van der Waals surface area contributed by atoms with Gasteiger partial charge < -0.3 is 20.7 Å². The monoisotopic (exact) mass is 387 g/mol. The number of aromatic nitrogens is 1. The van der Waals surface area contributed by atoms with E-state index in [1.807, 2.05) is 42.5 Å². The SMILES string of the molecule is Cc1cccc(Nc2ccc(N)c(C(=N)c3ccnc(N4CCOCC4)c3)c2)c1. The summed E-state index contributed by atoms with van der Waals surface area (Å²) in [7, 11) is 0. The second-order valence-electron chi connectivity index (χ2n) is 7.17. The van der Waals surface area contributed by atoms with Crippen molar-refractivity contribution in [2.75, 3.05) is 42.3 Å². The fourth-order valence-corrected chi connectivity index (χ4v) is 3.43. The standard InChI is InChI=1S/C23H25N5O/c1-16-3-2-4-18(13-16)27-19-5-6-21(24)20(15-19)23(25)17-7-8-26-22(14-17)28-9-11-29-12-10-28/h2-8,13-15,25,27H,9-12,24H2,1H3. The number of hydrogen-bond acceptors (Lipinski definition) is 6. The van der Waals surface area contributed by atoms with E-state index in [-0.39, 0.29) is 0 Å². The van der Waals surface area contributed by atoms with Crippen molar-refractivity contribution in [2.45, 2.75) is 6.92 Å². The van der Waals surface area contributed by atoms with Crippen LogP contribution < -0.4 is 16.0 Å². The molecule has 4 rings (SSSR count). The highest BCUT2D eigenvalue weighted by Crippen LogP contribution is 2.25. The van der Waals surface area contributed by atoms with Gasteiger partial charge in [-0.05, 0) is 55.0 Å². The molecule has 0 bridgehead atoms. The van der Waals surface area contributed by atoms with Crippen molar-refractivity contribution in [3.63, 3.8) is 0 Å². The molecule has 0 radical (unpaired) electrons. The molecule has 1 saturated heterocycles. The van der Waals surface area contributed by atoms with Crippen LogP contribution in [0.4, 0.5) is 22.9 Å². The van der Waals surface area contributed by atoms with Crippen molar-refractivity contribution in [1.82, 2.24) is 4.98 Å². The zero-order chi connectivity index (χ0) is 20.2. The van der Waals surface area contributed by atoms with Crippen LogP contribution in [0.1, 0.15) is 16.7 Å². The van der Waals surface area contributed by atoms with Crippen LogP contribution in [0.25, 0.3) is 0 Å². The minimum atomic E-state index is 0.382. The summed E-state index contributed by atoms with van der Waals surface area (Å²) in [6.45, 7) is 5.07. The lowest BCUT2D eigenvalue weighted by molar-refractivity contribution is 0.122. The second kappa shape index (κ2) is 8.32. The summed E-state index contributed by atoms with van der Waals surface area (Å²) < 4.78 is 5.42. The molecule has 6 heteroatoms. The molecule has 0 atom stereocenters. The van der Waals surface area contributed by atoms with Gasteiger partial charge in [-0.2, -0.15) is 0 Å². The number of nitrogens with one attached hydrogen (secondary N) is 2. The number of ether oxygens (including phenoxy) is 1. The smallest absolute Gasteiger partial charge is 0.129 e. The first-order chi connectivity index (χ1) is 14.1. The number of aryl methyl sites for hydroxylation is 1. The van der Waals surface area contributed by atoms with Gasteiger partial charge in [0.15, 0.2) is 0 Å². The highest BCUT2D eigenvalue weighted by Gasteiger charge is 2.15. The van der Waals surface area contributed by atoms with Crippen LogP contribution in [0.15, 0.2) is 60.8 Å². The molecule has 0 spiro atoms. The predicted molar refractivity (Wildman–Crippen MR) is 119 cm³/mol. The van der Waals surface area contributed by atoms with E-state index in [4.69, 9.17) is 15.9 Å². The zero-order valence-corrected chi connectivity index (χ0v) is 16.5. The number of morpholine rings is 1. The molecule has 3 aromatic rings.